The van der Waals surface area contributed by atoms with Crippen LogP contribution in [0.25, 0.3) is 10.9 Å². The molecule has 3 aromatic rings. The molecule has 1 aromatic heterocycles. The van der Waals surface area contributed by atoms with Gasteiger partial charge in [0.2, 0.25) is 5.78 Å². The largest absolute Gasteiger partial charge is 0.490 e. The molecular formula is C21H21NO4. The van der Waals surface area contributed by atoms with Gasteiger partial charge in [-0.15, -0.1) is 0 Å². The number of H-pyrrole nitrogens is 1. The fraction of sp³-hybridized carbons (Fsp3) is 0.238. The number of carbonyl (C=O) groups excluding carboxylic acids is 2. The van der Waals surface area contributed by atoms with E-state index in [0.717, 1.165) is 23.6 Å². The molecule has 0 aliphatic rings. The standard InChI is InChI=1S/C21H21NO4/c1-3-15-6-5-7-16-17(11-22-21(15)16)18(24)13-26-19-9-8-14(12-23)10-20(19)25-4-2/h5-12,22H,3-4,13H2,1-2H3. The zero-order valence-electron chi connectivity index (χ0n) is 14.9. The summed E-state index contributed by atoms with van der Waals surface area (Å²) in [5.41, 5.74) is 3.27. The van der Waals surface area contributed by atoms with Gasteiger partial charge in [0.1, 0.15) is 6.29 Å². The number of para-hydroxylation sites is 1. The van der Waals surface area contributed by atoms with E-state index in [0.29, 0.717) is 29.2 Å². The number of hydrogen-bond acceptors (Lipinski definition) is 4. The van der Waals surface area contributed by atoms with Crippen LogP contribution < -0.4 is 9.47 Å². The molecule has 0 saturated heterocycles. The van der Waals surface area contributed by atoms with Crippen LogP contribution in [0.2, 0.25) is 0 Å². The molecular weight excluding hydrogens is 330 g/mol. The molecule has 3 rings (SSSR count). The van der Waals surface area contributed by atoms with Crippen molar-refractivity contribution in [2.75, 3.05) is 13.2 Å². The first-order valence-corrected chi connectivity index (χ1v) is 8.64. The summed E-state index contributed by atoms with van der Waals surface area (Å²) in [4.78, 5) is 26.8. The Morgan fingerprint density at radius 1 is 1.12 bits per heavy atom. The van der Waals surface area contributed by atoms with Gasteiger partial charge in [0.15, 0.2) is 18.1 Å². The summed E-state index contributed by atoms with van der Waals surface area (Å²) in [6.07, 6.45) is 3.37. The third-order valence-electron chi connectivity index (χ3n) is 4.25. The number of aromatic nitrogens is 1. The van der Waals surface area contributed by atoms with Crippen molar-refractivity contribution in [3.63, 3.8) is 0 Å². The summed E-state index contributed by atoms with van der Waals surface area (Å²) in [5, 5.41) is 0.902. The van der Waals surface area contributed by atoms with Gasteiger partial charge in [0.05, 0.1) is 6.61 Å². The van der Waals surface area contributed by atoms with E-state index in [9.17, 15) is 9.59 Å². The molecule has 0 radical (unpaired) electrons. The molecule has 0 fully saturated rings. The van der Waals surface area contributed by atoms with Gasteiger partial charge in [-0.25, -0.2) is 0 Å². The van der Waals surface area contributed by atoms with E-state index in [-0.39, 0.29) is 12.4 Å². The summed E-state index contributed by atoms with van der Waals surface area (Å²) in [7, 11) is 0. The van der Waals surface area contributed by atoms with Crippen LogP contribution in [0.3, 0.4) is 0 Å². The Morgan fingerprint density at radius 3 is 2.69 bits per heavy atom. The average Bonchev–Trinajstić information content (AvgIpc) is 3.11. The molecule has 5 heteroatoms. The molecule has 0 aliphatic heterocycles. The Hall–Kier alpha value is -3.08. The molecule has 26 heavy (non-hydrogen) atoms. The predicted molar refractivity (Wildman–Crippen MR) is 101 cm³/mol. The number of fused-ring (bicyclic) bond motifs is 1. The molecule has 0 saturated carbocycles. The van der Waals surface area contributed by atoms with Crippen LogP contribution in [0.1, 0.15) is 40.1 Å². The highest BCUT2D eigenvalue weighted by Crippen LogP contribution is 2.29. The summed E-state index contributed by atoms with van der Waals surface area (Å²) in [6, 6.07) is 10.8. The summed E-state index contributed by atoms with van der Waals surface area (Å²) < 4.78 is 11.2. The lowest BCUT2D eigenvalue weighted by Crippen LogP contribution is -2.12. The molecule has 0 bridgehead atoms. The van der Waals surface area contributed by atoms with Crippen LogP contribution in [0, 0.1) is 0 Å². The zero-order chi connectivity index (χ0) is 18.5. The van der Waals surface area contributed by atoms with Gasteiger partial charge in [-0.05, 0) is 37.1 Å². The number of aryl methyl sites for hydroxylation is 1. The molecule has 0 spiro atoms. The van der Waals surface area contributed by atoms with E-state index in [1.54, 1.807) is 24.4 Å². The lowest BCUT2D eigenvalue weighted by Gasteiger charge is -2.11. The van der Waals surface area contributed by atoms with Crippen molar-refractivity contribution >= 4 is 23.0 Å². The molecule has 0 unspecified atom stereocenters. The fourth-order valence-corrected chi connectivity index (χ4v) is 2.95. The number of hydrogen-bond donors (Lipinski definition) is 1. The topological polar surface area (TPSA) is 68.4 Å². The number of aldehydes is 1. The number of ether oxygens (including phenoxy) is 2. The van der Waals surface area contributed by atoms with Crippen LogP contribution in [0.4, 0.5) is 0 Å². The second-order valence-corrected chi connectivity index (χ2v) is 5.86. The summed E-state index contributed by atoms with van der Waals surface area (Å²) in [5.74, 6) is 0.781. The fourth-order valence-electron chi connectivity index (χ4n) is 2.95. The maximum absolute atomic E-state index is 12.6. The number of benzene rings is 2. The van der Waals surface area contributed by atoms with Gasteiger partial charge in [-0.1, -0.05) is 25.1 Å². The van der Waals surface area contributed by atoms with E-state index < -0.39 is 0 Å². The molecule has 0 amide bonds. The van der Waals surface area contributed by atoms with Crippen molar-refractivity contribution in [3.8, 4) is 11.5 Å². The molecule has 0 atom stereocenters. The van der Waals surface area contributed by atoms with Gasteiger partial charge >= 0.3 is 0 Å². The number of nitrogens with one attached hydrogen (secondary N) is 1. The van der Waals surface area contributed by atoms with Crippen LogP contribution in [0.5, 0.6) is 11.5 Å². The second-order valence-electron chi connectivity index (χ2n) is 5.86. The van der Waals surface area contributed by atoms with Gasteiger partial charge < -0.3 is 14.5 Å². The highest BCUT2D eigenvalue weighted by molar-refractivity contribution is 6.09. The van der Waals surface area contributed by atoms with Crippen LogP contribution >= 0.6 is 0 Å². The van der Waals surface area contributed by atoms with E-state index in [1.165, 1.54) is 5.56 Å². The Balaban J connectivity index is 1.80. The van der Waals surface area contributed by atoms with E-state index in [1.807, 2.05) is 25.1 Å². The number of aromatic amines is 1. The maximum atomic E-state index is 12.6. The summed E-state index contributed by atoms with van der Waals surface area (Å²) in [6.45, 7) is 4.26. The van der Waals surface area contributed by atoms with Crippen LogP contribution in [0.15, 0.2) is 42.6 Å². The lowest BCUT2D eigenvalue weighted by molar-refractivity contribution is 0.0920. The van der Waals surface area contributed by atoms with Gasteiger partial charge in [0.25, 0.3) is 0 Å². The van der Waals surface area contributed by atoms with E-state index in [4.69, 9.17) is 9.47 Å². The average molecular weight is 351 g/mol. The third-order valence-corrected chi connectivity index (χ3v) is 4.25. The van der Waals surface area contributed by atoms with Gasteiger partial charge in [0, 0.05) is 28.2 Å². The first-order valence-electron chi connectivity index (χ1n) is 8.64. The molecule has 0 aliphatic carbocycles. The lowest BCUT2D eigenvalue weighted by atomic mass is 10.1. The molecule has 134 valence electrons. The smallest absolute Gasteiger partial charge is 0.202 e. The van der Waals surface area contributed by atoms with Crippen LogP contribution in [-0.2, 0) is 6.42 Å². The first kappa shape index (κ1) is 17.7. The Kier molecular flexibility index (Phi) is 5.37. The predicted octanol–water partition coefficient (Wildman–Crippen LogP) is 4.20. The quantitative estimate of drug-likeness (QED) is 0.488. The Labute approximate surface area is 151 Å². The maximum Gasteiger partial charge on any atom is 0.202 e. The number of ketones is 1. The second kappa shape index (κ2) is 7.87. The highest BCUT2D eigenvalue weighted by Gasteiger charge is 2.15. The minimum absolute atomic E-state index is 0.107. The van der Waals surface area contributed by atoms with Crippen molar-refractivity contribution in [2.24, 2.45) is 0 Å². The number of Topliss-reactive ketones (excluding diaryl/α,β-unsaturated/α-hetero) is 1. The molecule has 2 aromatic carbocycles. The van der Waals surface area contributed by atoms with Crippen molar-refractivity contribution in [2.45, 2.75) is 20.3 Å². The first-order chi connectivity index (χ1) is 12.7. The Morgan fingerprint density at radius 2 is 1.96 bits per heavy atom. The minimum Gasteiger partial charge on any atom is -0.490 e. The highest BCUT2D eigenvalue weighted by atomic mass is 16.5. The SMILES string of the molecule is CCOc1cc(C=O)ccc1OCC(=O)c1c[nH]c2c(CC)cccc12. The van der Waals surface area contributed by atoms with E-state index >= 15 is 0 Å². The van der Waals surface area contributed by atoms with E-state index in [2.05, 4.69) is 11.9 Å². The molecule has 1 heterocycles. The third kappa shape index (κ3) is 3.47. The monoisotopic (exact) mass is 351 g/mol. The Bertz CT molecular complexity index is 942. The number of rotatable bonds is 8. The van der Waals surface area contributed by atoms with Gasteiger partial charge in [-0.2, -0.15) is 0 Å². The number of carbonyl (C=O) groups is 2. The zero-order valence-corrected chi connectivity index (χ0v) is 14.9. The van der Waals surface area contributed by atoms with Gasteiger partial charge in [-0.3, -0.25) is 9.59 Å². The van der Waals surface area contributed by atoms with Crippen molar-refractivity contribution < 1.29 is 19.1 Å². The van der Waals surface area contributed by atoms with Crippen LogP contribution in [-0.4, -0.2) is 30.3 Å². The van der Waals surface area contributed by atoms with Crippen molar-refractivity contribution in [3.05, 3.63) is 59.3 Å². The normalized spacial score (nSPS) is 10.7. The van der Waals surface area contributed by atoms with Crippen molar-refractivity contribution in [1.29, 1.82) is 0 Å². The summed E-state index contributed by atoms with van der Waals surface area (Å²) >= 11 is 0. The minimum atomic E-state index is -0.119. The van der Waals surface area contributed by atoms with Crippen molar-refractivity contribution in [1.82, 2.24) is 4.98 Å². The molecule has 1 N–H and O–H groups in total. The molecule has 5 nitrogen and oxygen atoms in total.